The Bertz CT molecular complexity index is 1830. The summed E-state index contributed by atoms with van der Waals surface area (Å²) in [6.45, 7) is 2.06. The van der Waals surface area contributed by atoms with Crippen molar-refractivity contribution in [3.63, 3.8) is 0 Å². The number of nitriles is 1. The van der Waals surface area contributed by atoms with Crippen LogP contribution >= 0.6 is 0 Å². The van der Waals surface area contributed by atoms with E-state index in [4.69, 9.17) is 9.57 Å². The maximum atomic E-state index is 14.6. The van der Waals surface area contributed by atoms with Gasteiger partial charge in [0.2, 0.25) is 5.91 Å². The number of anilines is 1. The minimum absolute atomic E-state index is 0.116. The van der Waals surface area contributed by atoms with Gasteiger partial charge in [0.25, 0.3) is 0 Å². The monoisotopic (exact) mass is 552 g/mol. The number of fused-ring (bicyclic) bond motifs is 9. The fraction of sp³-hybridized carbons (Fsp3) is 0.229. The van der Waals surface area contributed by atoms with E-state index in [-0.39, 0.29) is 11.8 Å². The largest absolute Gasteiger partial charge is 0.497 e. The molecule has 1 amide bonds. The van der Waals surface area contributed by atoms with Crippen LogP contribution in [0.2, 0.25) is 0 Å². The molecule has 4 aromatic rings. The average Bonchev–Trinajstić information content (AvgIpc) is 3.69. The number of nitrogens with zero attached hydrogens (tertiary/aromatic N) is 3. The molecule has 1 spiro atoms. The Morgan fingerprint density at radius 2 is 1.74 bits per heavy atom. The second kappa shape index (κ2) is 9.04. The normalized spacial score (nSPS) is 28.5. The number of amides is 1. The van der Waals surface area contributed by atoms with Gasteiger partial charge < -0.3 is 14.9 Å². The number of para-hydroxylation sites is 1. The van der Waals surface area contributed by atoms with Crippen LogP contribution in [0.15, 0.2) is 102 Å². The molecule has 4 heterocycles. The molecule has 7 nitrogen and oxygen atoms in total. The molecular weight excluding hydrogens is 524 g/mol. The van der Waals surface area contributed by atoms with Crippen molar-refractivity contribution in [2.75, 3.05) is 12.4 Å². The van der Waals surface area contributed by atoms with E-state index in [1.807, 2.05) is 60.7 Å². The summed E-state index contributed by atoms with van der Waals surface area (Å²) in [5, 5.41) is 18.8. The molecular formula is C35H28N4O3. The third-order valence-corrected chi connectivity index (χ3v) is 9.54. The summed E-state index contributed by atoms with van der Waals surface area (Å²) in [7, 11) is 1.63. The van der Waals surface area contributed by atoms with Crippen molar-refractivity contribution in [2.24, 2.45) is 5.16 Å². The van der Waals surface area contributed by atoms with E-state index in [2.05, 4.69) is 64.8 Å². The van der Waals surface area contributed by atoms with Gasteiger partial charge >= 0.3 is 0 Å². The SMILES string of the molecule is COc1cccc([C@@H]2[C@H](C#N)N3[C@H]4ON=C(c5ccc(C)cc5)[C@H]4c4ccccc4[C@@H]3[C@@]23C(=O)Nc2ccccc23)c1. The van der Waals surface area contributed by atoms with E-state index < -0.39 is 29.6 Å². The third-order valence-electron chi connectivity index (χ3n) is 9.54. The van der Waals surface area contributed by atoms with Gasteiger partial charge in [-0.05, 0) is 47.4 Å². The molecule has 42 heavy (non-hydrogen) atoms. The first-order valence-electron chi connectivity index (χ1n) is 14.2. The minimum Gasteiger partial charge on any atom is -0.497 e. The summed E-state index contributed by atoms with van der Waals surface area (Å²) in [4.78, 5) is 23.0. The Hall–Kier alpha value is -4.93. The van der Waals surface area contributed by atoms with Crippen molar-refractivity contribution in [1.29, 1.82) is 5.26 Å². The van der Waals surface area contributed by atoms with Gasteiger partial charge in [-0.25, -0.2) is 4.90 Å². The molecule has 0 bridgehead atoms. The molecule has 4 aromatic carbocycles. The number of carbonyl (C=O) groups is 1. The molecule has 1 fully saturated rings. The van der Waals surface area contributed by atoms with Crippen molar-refractivity contribution >= 4 is 17.3 Å². The number of oxime groups is 1. The van der Waals surface area contributed by atoms with Gasteiger partial charge in [0.05, 0.1) is 30.9 Å². The zero-order chi connectivity index (χ0) is 28.6. The molecule has 0 aromatic heterocycles. The molecule has 206 valence electrons. The highest BCUT2D eigenvalue weighted by Crippen LogP contribution is 2.66. The van der Waals surface area contributed by atoms with Crippen LogP contribution < -0.4 is 10.1 Å². The number of hydrogen-bond donors (Lipinski definition) is 1. The van der Waals surface area contributed by atoms with Crippen molar-refractivity contribution in [1.82, 2.24) is 4.90 Å². The lowest BCUT2D eigenvalue weighted by atomic mass is 9.62. The van der Waals surface area contributed by atoms with Gasteiger partial charge in [-0.1, -0.05) is 89.6 Å². The quantitative estimate of drug-likeness (QED) is 0.348. The van der Waals surface area contributed by atoms with E-state index in [1.165, 1.54) is 0 Å². The topological polar surface area (TPSA) is 86.9 Å². The van der Waals surface area contributed by atoms with Gasteiger partial charge in [-0.15, -0.1) is 0 Å². The Morgan fingerprint density at radius 1 is 0.976 bits per heavy atom. The Balaban J connectivity index is 1.41. The molecule has 1 N–H and O–H groups in total. The van der Waals surface area contributed by atoms with Crippen molar-refractivity contribution in [3.05, 3.63) is 130 Å². The highest BCUT2D eigenvalue weighted by molar-refractivity contribution is 6.09. The summed E-state index contributed by atoms with van der Waals surface area (Å²) in [6, 6.07) is 33.7. The standard InChI is InChI=1S/C35H28N4O3/c1-20-14-16-21(17-15-20)31-29-24-10-3-4-11-25(24)32-35(26-12-5-6-13-27(26)37-34(35)40)30(22-8-7-9-23(18-22)41-2)28(19-36)39(32)33(29)42-38-31/h3-18,28-30,32-33H,1-2H3,(H,37,40)/t28-,29+,30+,32+,33-,35-/m0/s1. The number of nitrogens with one attached hydrogen (secondary N) is 1. The summed E-state index contributed by atoms with van der Waals surface area (Å²) in [5.41, 5.74) is 6.50. The van der Waals surface area contributed by atoms with E-state index in [1.54, 1.807) is 7.11 Å². The van der Waals surface area contributed by atoms with Crippen LogP contribution in [0.5, 0.6) is 5.75 Å². The first-order valence-corrected chi connectivity index (χ1v) is 14.2. The van der Waals surface area contributed by atoms with Gasteiger partial charge in [-0.3, -0.25) is 4.79 Å². The minimum atomic E-state index is -1.10. The number of carbonyl (C=O) groups excluding carboxylic acids is 1. The number of benzene rings is 4. The molecule has 8 rings (SSSR count). The van der Waals surface area contributed by atoms with Crippen molar-refractivity contribution < 1.29 is 14.4 Å². The van der Waals surface area contributed by atoms with Gasteiger partial charge in [0.1, 0.15) is 17.2 Å². The van der Waals surface area contributed by atoms with Crippen LogP contribution in [-0.4, -0.2) is 35.9 Å². The Morgan fingerprint density at radius 3 is 2.52 bits per heavy atom. The number of methoxy groups -OCH3 is 1. The van der Waals surface area contributed by atoms with Crippen LogP contribution in [0.3, 0.4) is 0 Å². The zero-order valence-electron chi connectivity index (χ0n) is 23.2. The van der Waals surface area contributed by atoms with Crippen LogP contribution in [0.1, 0.15) is 51.3 Å². The second-order valence-electron chi connectivity index (χ2n) is 11.5. The molecule has 0 unspecified atom stereocenters. The molecule has 4 aliphatic rings. The number of rotatable bonds is 3. The van der Waals surface area contributed by atoms with Gasteiger partial charge in [0.15, 0.2) is 6.23 Å². The molecule has 0 aliphatic carbocycles. The summed E-state index contributed by atoms with van der Waals surface area (Å²) < 4.78 is 5.61. The fourth-order valence-electron chi connectivity index (χ4n) is 7.89. The van der Waals surface area contributed by atoms with Crippen LogP contribution in [0.4, 0.5) is 5.69 Å². The van der Waals surface area contributed by atoms with Gasteiger partial charge in [0, 0.05) is 17.2 Å². The van der Waals surface area contributed by atoms with Crippen molar-refractivity contribution in [3.8, 4) is 11.8 Å². The van der Waals surface area contributed by atoms with E-state index >= 15 is 0 Å². The van der Waals surface area contributed by atoms with Crippen LogP contribution in [0, 0.1) is 18.3 Å². The van der Waals surface area contributed by atoms with E-state index in [0.29, 0.717) is 5.75 Å². The lowest BCUT2D eigenvalue weighted by Gasteiger charge is -2.44. The molecule has 4 aliphatic heterocycles. The van der Waals surface area contributed by atoms with Gasteiger partial charge in [-0.2, -0.15) is 5.26 Å². The smallest absolute Gasteiger partial charge is 0.237 e. The predicted octanol–water partition coefficient (Wildman–Crippen LogP) is 5.78. The summed E-state index contributed by atoms with van der Waals surface area (Å²) in [5.74, 6) is -0.173. The van der Waals surface area contributed by atoms with E-state index in [9.17, 15) is 10.1 Å². The van der Waals surface area contributed by atoms with Crippen molar-refractivity contribution in [2.45, 2.75) is 42.5 Å². The first kappa shape index (κ1) is 24.8. The van der Waals surface area contributed by atoms with Crippen LogP contribution in [0.25, 0.3) is 0 Å². The number of aryl methyl sites for hydroxylation is 1. The summed E-state index contributed by atoms with van der Waals surface area (Å²) in [6.07, 6.45) is -0.557. The number of hydrogen-bond acceptors (Lipinski definition) is 6. The molecule has 7 heteroatoms. The Kier molecular flexibility index (Phi) is 5.34. The molecule has 0 radical (unpaired) electrons. The lowest BCUT2D eigenvalue weighted by molar-refractivity contribution is -0.124. The molecule has 6 atom stereocenters. The number of ether oxygens (including phenoxy) is 1. The highest BCUT2D eigenvalue weighted by atomic mass is 16.7. The lowest BCUT2D eigenvalue weighted by Crippen LogP contribution is -2.51. The second-order valence-corrected chi connectivity index (χ2v) is 11.5. The molecule has 0 saturated carbocycles. The molecule has 1 saturated heterocycles. The van der Waals surface area contributed by atoms with Crippen LogP contribution in [-0.2, 0) is 15.0 Å². The third kappa shape index (κ3) is 3.13. The zero-order valence-corrected chi connectivity index (χ0v) is 23.2. The highest BCUT2D eigenvalue weighted by Gasteiger charge is 2.72. The summed E-state index contributed by atoms with van der Waals surface area (Å²) >= 11 is 0. The Labute approximate surface area is 244 Å². The predicted molar refractivity (Wildman–Crippen MR) is 158 cm³/mol. The maximum Gasteiger partial charge on any atom is 0.237 e. The first-order chi connectivity index (χ1) is 20.6. The van der Waals surface area contributed by atoms with E-state index in [0.717, 1.165) is 44.8 Å². The fourth-order valence-corrected chi connectivity index (χ4v) is 7.89. The maximum absolute atomic E-state index is 14.6. The average molecular weight is 553 g/mol.